The summed E-state index contributed by atoms with van der Waals surface area (Å²) >= 11 is 0. The van der Waals surface area contributed by atoms with Crippen molar-refractivity contribution in [2.75, 3.05) is 40.8 Å². The van der Waals surface area contributed by atoms with Gasteiger partial charge in [0, 0.05) is 19.6 Å². The lowest BCUT2D eigenvalue weighted by molar-refractivity contribution is -0.0338. The maximum atomic E-state index is 3.46. The van der Waals surface area contributed by atoms with Gasteiger partial charge < -0.3 is 5.32 Å². The molecule has 1 unspecified atom stereocenters. The van der Waals surface area contributed by atoms with Crippen LogP contribution in [0.15, 0.2) is 0 Å². The molecule has 72 valence electrons. The van der Waals surface area contributed by atoms with Crippen molar-refractivity contribution in [3.8, 4) is 0 Å². The number of nitrogens with zero attached hydrogens (tertiary/aromatic N) is 2. The van der Waals surface area contributed by atoms with Gasteiger partial charge in [-0.05, 0) is 27.6 Å². The molecule has 0 saturated carbocycles. The van der Waals surface area contributed by atoms with Crippen molar-refractivity contribution >= 4 is 0 Å². The van der Waals surface area contributed by atoms with E-state index in [0.29, 0.717) is 0 Å². The van der Waals surface area contributed by atoms with Crippen LogP contribution in [0.3, 0.4) is 0 Å². The van der Waals surface area contributed by atoms with E-state index < -0.39 is 0 Å². The largest absolute Gasteiger partial charge is 0.312 e. The Labute approximate surface area is 75.7 Å². The van der Waals surface area contributed by atoms with Gasteiger partial charge >= 0.3 is 0 Å². The Hall–Kier alpha value is -0.120. The van der Waals surface area contributed by atoms with E-state index in [0.717, 1.165) is 19.6 Å². The van der Waals surface area contributed by atoms with Gasteiger partial charge in [-0.25, -0.2) is 0 Å². The van der Waals surface area contributed by atoms with Gasteiger partial charge in [0.1, 0.15) is 0 Å². The van der Waals surface area contributed by atoms with Crippen LogP contribution >= 0.6 is 0 Å². The molecule has 0 amide bonds. The molecule has 1 aliphatic rings. The molecule has 3 nitrogen and oxygen atoms in total. The summed E-state index contributed by atoms with van der Waals surface area (Å²) in [5.41, 5.74) is 0.234. The quantitative estimate of drug-likeness (QED) is 0.640. The molecule has 0 aromatic heterocycles. The van der Waals surface area contributed by atoms with E-state index >= 15 is 0 Å². The molecule has 1 N–H and O–H groups in total. The van der Waals surface area contributed by atoms with Crippen molar-refractivity contribution in [2.45, 2.75) is 19.0 Å². The smallest absolute Gasteiger partial charge is 0.0856 e. The third kappa shape index (κ3) is 1.49. The molecular weight excluding hydrogens is 150 g/mol. The van der Waals surface area contributed by atoms with Crippen molar-refractivity contribution in [3.63, 3.8) is 0 Å². The van der Waals surface area contributed by atoms with E-state index in [9.17, 15) is 0 Å². The normalized spacial score (nSPS) is 32.8. The third-order valence-electron chi connectivity index (χ3n) is 3.14. The van der Waals surface area contributed by atoms with E-state index in [1.54, 1.807) is 0 Å². The lowest BCUT2D eigenvalue weighted by Gasteiger charge is -2.49. The summed E-state index contributed by atoms with van der Waals surface area (Å²) in [6.07, 6.45) is 1.17. The van der Waals surface area contributed by atoms with Crippen LogP contribution in [0.25, 0.3) is 0 Å². The molecule has 1 atom stereocenters. The summed E-state index contributed by atoms with van der Waals surface area (Å²) < 4.78 is 0. The molecule has 1 heterocycles. The number of hydrogen-bond acceptors (Lipinski definition) is 3. The van der Waals surface area contributed by atoms with Crippen molar-refractivity contribution < 1.29 is 0 Å². The van der Waals surface area contributed by atoms with Gasteiger partial charge in [-0.1, -0.05) is 6.92 Å². The second kappa shape index (κ2) is 3.73. The van der Waals surface area contributed by atoms with Crippen LogP contribution in [0.1, 0.15) is 13.3 Å². The maximum Gasteiger partial charge on any atom is 0.0856 e. The van der Waals surface area contributed by atoms with Crippen molar-refractivity contribution in [3.05, 3.63) is 0 Å². The molecule has 0 radical (unpaired) electrons. The molecule has 12 heavy (non-hydrogen) atoms. The zero-order valence-corrected chi connectivity index (χ0v) is 8.72. The monoisotopic (exact) mass is 171 g/mol. The van der Waals surface area contributed by atoms with E-state index in [4.69, 9.17) is 0 Å². The highest BCUT2D eigenvalue weighted by Crippen LogP contribution is 2.21. The minimum absolute atomic E-state index is 0.234. The Kier molecular flexibility index (Phi) is 3.09. The predicted molar refractivity (Wildman–Crippen MR) is 52.2 cm³/mol. The first-order valence-corrected chi connectivity index (χ1v) is 4.73. The number of likely N-dealkylation sites (N-methyl/N-ethyl adjacent to an activating group) is 2. The number of rotatable bonds is 2. The molecule has 0 aliphatic carbocycles. The summed E-state index contributed by atoms with van der Waals surface area (Å²) in [4.78, 5) is 4.77. The first kappa shape index (κ1) is 9.96. The average Bonchev–Trinajstić information content (AvgIpc) is 2.05. The molecule has 1 saturated heterocycles. The summed E-state index contributed by atoms with van der Waals surface area (Å²) in [5.74, 6) is 0. The maximum absolute atomic E-state index is 3.46. The number of nitrogens with one attached hydrogen (secondary N) is 1. The molecule has 3 heteroatoms. The van der Waals surface area contributed by atoms with Gasteiger partial charge in [0.25, 0.3) is 0 Å². The Morgan fingerprint density at radius 2 is 2.17 bits per heavy atom. The van der Waals surface area contributed by atoms with Crippen molar-refractivity contribution in [2.24, 2.45) is 0 Å². The topological polar surface area (TPSA) is 18.5 Å². The van der Waals surface area contributed by atoms with Crippen molar-refractivity contribution in [1.82, 2.24) is 15.1 Å². The van der Waals surface area contributed by atoms with Gasteiger partial charge in [-0.3, -0.25) is 9.80 Å². The molecule has 0 aromatic rings. The van der Waals surface area contributed by atoms with Gasteiger partial charge in [0.15, 0.2) is 0 Å². The highest BCUT2D eigenvalue weighted by Gasteiger charge is 2.36. The lowest BCUT2D eigenvalue weighted by atomic mass is 10.0. The minimum Gasteiger partial charge on any atom is -0.312 e. The van der Waals surface area contributed by atoms with Crippen LogP contribution < -0.4 is 5.32 Å². The summed E-state index contributed by atoms with van der Waals surface area (Å²) in [6.45, 7) is 5.59. The molecule has 1 rings (SSSR count). The van der Waals surface area contributed by atoms with Crippen molar-refractivity contribution in [1.29, 1.82) is 0 Å². The molecule has 0 aromatic carbocycles. The van der Waals surface area contributed by atoms with Crippen LogP contribution in [-0.4, -0.2) is 56.2 Å². The Morgan fingerprint density at radius 1 is 1.50 bits per heavy atom. The first-order valence-electron chi connectivity index (χ1n) is 4.73. The van der Waals surface area contributed by atoms with Gasteiger partial charge in [-0.2, -0.15) is 0 Å². The fraction of sp³-hybridized carbons (Fsp3) is 1.00. The summed E-state index contributed by atoms with van der Waals surface area (Å²) in [5, 5.41) is 3.46. The highest BCUT2D eigenvalue weighted by atomic mass is 15.4. The summed E-state index contributed by atoms with van der Waals surface area (Å²) in [6, 6.07) is 0. The Morgan fingerprint density at radius 3 is 2.50 bits per heavy atom. The fourth-order valence-electron chi connectivity index (χ4n) is 2.09. The first-order chi connectivity index (χ1) is 5.63. The van der Waals surface area contributed by atoms with Crippen LogP contribution in [0, 0.1) is 0 Å². The second-order valence-electron chi connectivity index (χ2n) is 3.83. The molecule has 1 fully saturated rings. The molecule has 0 spiro atoms. The van der Waals surface area contributed by atoms with Gasteiger partial charge in [0.2, 0.25) is 0 Å². The fourth-order valence-corrected chi connectivity index (χ4v) is 2.09. The van der Waals surface area contributed by atoms with E-state index in [-0.39, 0.29) is 5.66 Å². The highest BCUT2D eigenvalue weighted by molar-refractivity contribution is 4.90. The van der Waals surface area contributed by atoms with Crippen LogP contribution in [-0.2, 0) is 0 Å². The molecule has 1 aliphatic heterocycles. The minimum atomic E-state index is 0.234. The molecule has 0 bridgehead atoms. The second-order valence-corrected chi connectivity index (χ2v) is 3.83. The lowest BCUT2D eigenvalue weighted by Crippen LogP contribution is -2.66. The van der Waals surface area contributed by atoms with Gasteiger partial charge in [0.05, 0.1) is 5.66 Å². The number of hydrogen-bond donors (Lipinski definition) is 1. The third-order valence-corrected chi connectivity index (χ3v) is 3.14. The van der Waals surface area contributed by atoms with E-state index in [1.807, 2.05) is 0 Å². The Bertz CT molecular complexity index is 147. The van der Waals surface area contributed by atoms with Gasteiger partial charge in [-0.15, -0.1) is 0 Å². The van der Waals surface area contributed by atoms with E-state index in [1.165, 1.54) is 6.42 Å². The zero-order chi connectivity index (χ0) is 9.19. The summed E-state index contributed by atoms with van der Waals surface area (Å²) in [7, 11) is 6.53. The molecular formula is C9H21N3. The van der Waals surface area contributed by atoms with Crippen LogP contribution in [0.4, 0.5) is 0 Å². The SMILES string of the molecule is CCC1(N(C)C)CNCCN1C. The average molecular weight is 171 g/mol. The van der Waals surface area contributed by atoms with E-state index in [2.05, 4.69) is 43.2 Å². The Balaban J connectivity index is 2.73. The predicted octanol–water partition coefficient (Wildman–Crippen LogP) is 0.189. The standard InChI is InChI=1S/C9H21N3/c1-5-9(11(2)3)8-10-6-7-12(9)4/h10H,5-8H2,1-4H3. The van der Waals surface area contributed by atoms with Crippen LogP contribution in [0.5, 0.6) is 0 Å². The van der Waals surface area contributed by atoms with Crippen LogP contribution in [0.2, 0.25) is 0 Å². The zero-order valence-electron chi connectivity index (χ0n) is 8.72. The number of piperazine rings is 1.